The highest BCUT2D eigenvalue weighted by atomic mass is 127. The Morgan fingerprint density at radius 3 is 2.56 bits per heavy atom. The number of hydrogen-bond acceptors (Lipinski definition) is 4. The van der Waals surface area contributed by atoms with Crippen LogP contribution in [0.1, 0.15) is 12.8 Å². The molecule has 0 radical (unpaired) electrons. The van der Waals surface area contributed by atoms with Crippen LogP contribution in [0.5, 0.6) is 5.75 Å². The molecule has 0 atom stereocenters. The predicted octanol–water partition coefficient (Wildman–Crippen LogP) is 4.22. The highest BCUT2D eigenvalue weighted by Crippen LogP contribution is 2.29. The molecule has 1 heterocycles. The molecule has 148 valence electrons. The number of nitrogens with zero attached hydrogens (tertiary/aromatic N) is 2. The molecule has 0 fully saturated rings. The fraction of sp³-hybridized carbons (Fsp3) is 0.294. The zero-order valence-electron chi connectivity index (χ0n) is 14.4. The summed E-state index contributed by atoms with van der Waals surface area (Å²) >= 11 is 0. The standard InChI is InChI=1S/C17H20F3N5O.HI/c18-17(19,20)26-14-8-2-1-7-13(14)25-16(21)24-12-6-5-11-23-15-9-3-4-10-22-15;/h1-4,7-10H,5-6,11-12H2,(H,22,23)(H3,21,24,25);1H. The fourth-order valence-corrected chi connectivity index (χ4v) is 2.08. The van der Waals surface area contributed by atoms with E-state index in [0.717, 1.165) is 25.2 Å². The van der Waals surface area contributed by atoms with Crippen LogP contribution in [-0.2, 0) is 0 Å². The van der Waals surface area contributed by atoms with Gasteiger partial charge in [-0.25, -0.2) is 4.98 Å². The van der Waals surface area contributed by atoms with Crippen LogP contribution in [0.4, 0.5) is 24.7 Å². The van der Waals surface area contributed by atoms with E-state index in [1.807, 2.05) is 18.2 Å². The molecule has 0 aliphatic heterocycles. The number of para-hydroxylation sites is 2. The van der Waals surface area contributed by atoms with Crippen molar-refractivity contribution in [1.29, 1.82) is 0 Å². The molecule has 1 aromatic carbocycles. The molecule has 0 bridgehead atoms. The summed E-state index contributed by atoms with van der Waals surface area (Å²) in [7, 11) is 0. The molecule has 6 nitrogen and oxygen atoms in total. The van der Waals surface area contributed by atoms with Crippen molar-refractivity contribution in [3.63, 3.8) is 0 Å². The van der Waals surface area contributed by atoms with Gasteiger partial charge >= 0.3 is 6.36 Å². The third-order valence-electron chi connectivity index (χ3n) is 3.21. The van der Waals surface area contributed by atoms with Gasteiger partial charge in [-0.1, -0.05) is 18.2 Å². The number of ether oxygens (including phenoxy) is 1. The van der Waals surface area contributed by atoms with Crippen LogP contribution in [0.2, 0.25) is 0 Å². The van der Waals surface area contributed by atoms with Crippen LogP contribution in [-0.4, -0.2) is 30.4 Å². The van der Waals surface area contributed by atoms with Crippen molar-refractivity contribution < 1.29 is 17.9 Å². The summed E-state index contributed by atoms with van der Waals surface area (Å²) in [6.07, 6.45) is -1.45. The first-order valence-corrected chi connectivity index (χ1v) is 8.01. The molecule has 0 spiro atoms. The monoisotopic (exact) mass is 495 g/mol. The van der Waals surface area contributed by atoms with Gasteiger partial charge in [0.2, 0.25) is 0 Å². The number of hydrogen-bond donors (Lipinski definition) is 3. The fourth-order valence-electron chi connectivity index (χ4n) is 2.08. The molecule has 0 aliphatic carbocycles. The van der Waals surface area contributed by atoms with E-state index in [1.54, 1.807) is 12.3 Å². The van der Waals surface area contributed by atoms with Crippen molar-refractivity contribution in [2.75, 3.05) is 23.7 Å². The van der Waals surface area contributed by atoms with Crippen LogP contribution in [0.3, 0.4) is 0 Å². The molecule has 2 rings (SSSR count). The number of nitrogens with two attached hydrogens (primary N) is 1. The van der Waals surface area contributed by atoms with E-state index in [9.17, 15) is 13.2 Å². The van der Waals surface area contributed by atoms with E-state index >= 15 is 0 Å². The summed E-state index contributed by atoms with van der Waals surface area (Å²) in [5.74, 6) is 0.470. The SMILES string of the molecule is I.NC(=NCCCCNc1ccccn1)Nc1ccccc1OC(F)(F)F. The lowest BCUT2D eigenvalue weighted by atomic mass is 10.3. The maximum atomic E-state index is 12.4. The van der Waals surface area contributed by atoms with E-state index in [2.05, 4.69) is 25.3 Å². The second kappa shape index (κ2) is 11.5. The van der Waals surface area contributed by atoms with E-state index in [1.165, 1.54) is 18.2 Å². The van der Waals surface area contributed by atoms with Gasteiger partial charge in [0.1, 0.15) is 5.82 Å². The minimum absolute atomic E-state index is 0. The van der Waals surface area contributed by atoms with Crippen molar-refractivity contribution in [2.45, 2.75) is 19.2 Å². The molecule has 27 heavy (non-hydrogen) atoms. The number of halogens is 4. The van der Waals surface area contributed by atoms with Gasteiger partial charge in [0.15, 0.2) is 11.7 Å². The van der Waals surface area contributed by atoms with Gasteiger partial charge in [-0.3, -0.25) is 4.99 Å². The molecule has 0 aliphatic rings. The van der Waals surface area contributed by atoms with Crippen molar-refractivity contribution in [3.8, 4) is 5.75 Å². The smallest absolute Gasteiger partial charge is 0.404 e. The molecule has 2 aromatic rings. The minimum Gasteiger partial charge on any atom is -0.404 e. The molecule has 1 aromatic heterocycles. The van der Waals surface area contributed by atoms with Crippen LogP contribution in [0, 0.1) is 0 Å². The second-order valence-electron chi connectivity index (χ2n) is 5.28. The molecular weight excluding hydrogens is 474 g/mol. The van der Waals surface area contributed by atoms with Crippen LogP contribution >= 0.6 is 24.0 Å². The third-order valence-corrected chi connectivity index (χ3v) is 3.21. The highest BCUT2D eigenvalue weighted by molar-refractivity contribution is 14.0. The van der Waals surface area contributed by atoms with Crippen molar-refractivity contribution in [2.24, 2.45) is 10.7 Å². The molecule has 0 amide bonds. The average molecular weight is 495 g/mol. The van der Waals surface area contributed by atoms with Crippen LogP contribution < -0.4 is 21.1 Å². The number of unbranched alkanes of at least 4 members (excludes halogenated alkanes) is 1. The first-order valence-electron chi connectivity index (χ1n) is 8.01. The number of aliphatic imine (C=N–C) groups is 1. The summed E-state index contributed by atoms with van der Waals surface area (Å²) in [5, 5.41) is 5.80. The Hall–Kier alpha value is -2.24. The number of benzene rings is 1. The Morgan fingerprint density at radius 2 is 1.85 bits per heavy atom. The number of rotatable bonds is 8. The summed E-state index contributed by atoms with van der Waals surface area (Å²) in [4.78, 5) is 8.25. The maximum absolute atomic E-state index is 12.4. The van der Waals surface area contributed by atoms with Gasteiger partial charge in [0.25, 0.3) is 0 Å². The first-order chi connectivity index (χ1) is 12.4. The molecule has 0 unspecified atom stereocenters. The van der Waals surface area contributed by atoms with Crippen molar-refractivity contribution in [3.05, 3.63) is 48.7 Å². The Morgan fingerprint density at radius 1 is 1.11 bits per heavy atom. The number of aromatic nitrogens is 1. The first kappa shape index (κ1) is 22.8. The quantitative estimate of drug-likeness (QED) is 0.221. The van der Waals surface area contributed by atoms with Gasteiger partial charge in [0, 0.05) is 19.3 Å². The summed E-state index contributed by atoms with van der Waals surface area (Å²) < 4.78 is 41.1. The Balaban J connectivity index is 0.00000364. The zero-order valence-corrected chi connectivity index (χ0v) is 16.7. The van der Waals surface area contributed by atoms with Gasteiger partial charge in [-0.2, -0.15) is 0 Å². The Labute approximate surface area is 172 Å². The summed E-state index contributed by atoms with van der Waals surface area (Å²) in [6.45, 7) is 1.19. The van der Waals surface area contributed by atoms with Crippen LogP contribution in [0.25, 0.3) is 0 Å². The van der Waals surface area contributed by atoms with E-state index in [4.69, 9.17) is 5.73 Å². The number of alkyl halides is 3. The largest absolute Gasteiger partial charge is 0.573 e. The van der Waals surface area contributed by atoms with Gasteiger partial charge in [0.05, 0.1) is 5.69 Å². The lowest BCUT2D eigenvalue weighted by Gasteiger charge is -2.14. The number of guanidine groups is 1. The highest BCUT2D eigenvalue weighted by Gasteiger charge is 2.32. The van der Waals surface area contributed by atoms with E-state index < -0.39 is 6.36 Å². The number of anilines is 2. The topological polar surface area (TPSA) is 84.6 Å². The molecule has 0 saturated heterocycles. The summed E-state index contributed by atoms with van der Waals surface area (Å²) in [5.41, 5.74) is 5.82. The predicted molar refractivity (Wildman–Crippen MR) is 111 cm³/mol. The molecule has 10 heteroatoms. The second-order valence-corrected chi connectivity index (χ2v) is 5.28. The normalized spacial score (nSPS) is 11.4. The van der Waals surface area contributed by atoms with Crippen LogP contribution in [0.15, 0.2) is 53.7 Å². The number of nitrogens with one attached hydrogen (secondary N) is 2. The third kappa shape index (κ3) is 9.31. The minimum atomic E-state index is -4.77. The van der Waals surface area contributed by atoms with Gasteiger partial charge in [-0.05, 0) is 37.1 Å². The lowest BCUT2D eigenvalue weighted by molar-refractivity contribution is -0.274. The Kier molecular flexibility index (Phi) is 9.68. The van der Waals surface area contributed by atoms with Gasteiger partial charge < -0.3 is 21.1 Å². The molecule has 4 N–H and O–H groups in total. The zero-order chi connectivity index (χ0) is 18.8. The molecular formula is C17H21F3IN5O. The van der Waals surface area contributed by atoms with Crippen molar-refractivity contribution >= 4 is 41.4 Å². The van der Waals surface area contributed by atoms with E-state index in [-0.39, 0.29) is 41.4 Å². The Bertz CT molecular complexity index is 713. The lowest BCUT2D eigenvalue weighted by Crippen LogP contribution is -2.24. The van der Waals surface area contributed by atoms with E-state index in [0.29, 0.717) is 6.54 Å². The summed E-state index contributed by atoms with van der Waals surface area (Å²) in [6, 6.07) is 11.3. The molecule has 0 saturated carbocycles. The number of pyridine rings is 1. The average Bonchev–Trinajstić information content (AvgIpc) is 2.59. The van der Waals surface area contributed by atoms with Crippen molar-refractivity contribution in [1.82, 2.24) is 4.98 Å². The van der Waals surface area contributed by atoms with Gasteiger partial charge in [-0.15, -0.1) is 37.1 Å². The maximum Gasteiger partial charge on any atom is 0.573 e.